The maximum absolute atomic E-state index is 12.6. The second-order valence-corrected chi connectivity index (χ2v) is 10.3. The van der Waals surface area contributed by atoms with Gasteiger partial charge < -0.3 is 9.30 Å². The number of piperazine rings is 1. The Morgan fingerprint density at radius 3 is 2.66 bits per heavy atom. The zero-order chi connectivity index (χ0) is 20.4. The van der Waals surface area contributed by atoms with E-state index < -0.39 is 10.0 Å². The molecule has 3 aromatic rings. The number of rotatable bonds is 6. The molecule has 4 heterocycles. The van der Waals surface area contributed by atoms with Crippen molar-refractivity contribution in [3.63, 3.8) is 0 Å². The minimum absolute atomic E-state index is 0.146. The molecule has 1 aliphatic rings. The molecular weight excluding hydrogens is 410 g/mol. The smallest absolute Gasteiger partial charge is 0.252 e. The summed E-state index contributed by atoms with van der Waals surface area (Å²) in [6, 6.07) is 9.15. The van der Waals surface area contributed by atoms with Gasteiger partial charge in [0.1, 0.15) is 9.86 Å². The topological polar surface area (TPSA) is 78.2 Å². The number of likely N-dealkylation sites (N-methyl/N-ethyl adjacent to an activating group) is 1. The summed E-state index contributed by atoms with van der Waals surface area (Å²) in [5.74, 6) is -0.167. The molecule has 0 atom stereocenters. The molecule has 10 heteroatoms. The fraction of sp³-hybridized carbons (Fsp3) is 0.368. The minimum atomic E-state index is -3.61. The number of carbonyl (C=O) groups excluding carboxylic acids is 1. The number of carbonyl (C=O) groups is 1. The van der Waals surface area contributed by atoms with Gasteiger partial charge in [-0.1, -0.05) is 12.1 Å². The van der Waals surface area contributed by atoms with E-state index in [1.165, 1.54) is 7.05 Å². The van der Waals surface area contributed by atoms with Crippen LogP contribution in [0, 0.1) is 0 Å². The van der Waals surface area contributed by atoms with Crippen LogP contribution in [0.4, 0.5) is 0 Å². The zero-order valence-electron chi connectivity index (χ0n) is 16.1. The van der Waals surface area contributed by atoms with Crippen molar-refractivity contribution in [2.45, 2.75) is 10.8 Å². The SMILES string of the molecule is CN(CC(=O)N1CCN(Cc2cn3ccccc3n2)CC1)S(=O)(=O)c1cccs1. The van der Waals surface area contributed by atoms with E-state index in [2.05, 4.69) is 9.88 Å². The van der Waals surface area contributed by atoms with Crippen LogP contribution >= 0.6 is 11.3 Å². The molecule has 3 aromatic heterocycles. The van der Waals surface area contributed by atoms with Crippen LogP contribution in [-0.4, -0.2) is 77.6 Å². The van der Waals surface area contributed by atoms with Gasteiger partial charge in [-0.15, -0.1) is 11.3 Å². The average Bonchev–Trinajstić information content (AvgIpc) is 3.38. The normalized spacial score (nSPS) is 16.0. The van der Waals surface area contributed by atoms with Crippen molar-refractivity contribution < 1.29 is 13.2 Å². The number of hydrogen-bond donors (Lipinski definition) is 0. The predicted octanol–water partition coefficient (Wildman–Crippen LogP) is 1.36. The molecule has 0 saturated carbocycles. The number of amides is 1. The summed E-state index contributed by atoms with van der Waals surface area (Å²) < 4.78 is 28.4. The van der Waals surface area contributed by atoms with Gasteiger partial charge >= 0.3 is 0 Å². The Hall–Kier alpha value is -2.27. The molecule has 0 unspecified atom stereocenters. The number of imidazole rings is 1. The van der Waals surface area contributed by atoms with E-state index in [0.29, 0.717) is 13.1 Å². The van der Waals surface area contributed by atoms with Crippen LogP contribution in [0.1, 0.15) is 5.69 Å². The molecule has 154 valence electrons. The third-order valence-corrected chi connectivity index (χ3v) is 8.22. The fourth-order valence-electron chi connectivity index (χ4n) is 3.39. The van der Waals surface area contributed by atoms with Crippen LogP contribution in [0.5, 0.6) is 0 Å². The Labute approximate surface area is 174 Å². The molecule has 4 rings (SSSR count). The van der Waals surface area contributed by atoms with E-state index in [-0.39, 0.29) is 16.7 Å². The van der Waals surface area contributed by atoms with Crippen molar-refractivity contribution in [2.75, 3.05) is 39.8 Å². The standard InChI is InChI=1S/C19H23N5O3S2/c1-21(29(26,27)19-6-4-12-28-19)15-18(25)23-10-8-22(9-11-23)13-16-14-24-7-3-2-5-17(24)20-16/h2-7,12,14H,8-11,13,15H2,1H3. The van der Waals surface area contributed by atoms with Gasteiger partial charge in [0.15, 0.2) is 0 Å². The van der Waals surface area contributed by atoms with E-state index >= 15 is 0 Å². The van der Waals surface area contributed by atoms with E-state index in [9.17, 15) is 13.2 Å². The first kappa shape index (κ1) is 20.0. The number of thiophene rings is 1. The fourth-order valence-corrected chi connectivity index (χ4v) is 5.71. The molecule has 0 aliphatic carbocycles. The Morgan fingerprint density at radius 2 is 1.97 bits per heavy atom. The summed E-state index contributed by atoms with van der Waals surface area (Å²) in [7, 11) is -2.16. The first-order valence-corrected chi connectivity index (χ1v) is 11.7. The second kappa shape index (κ2) is 8.23. The Morgan fingerprint density at radius 1 is 1.17 bits per heavy atom. The molecule has 0 bridgehead atoms. The number of hydrogen-bond acceptors (Lipinski definition) is 6. The largest absolute Gasteiger partial charge is 0.339 e. The third-order valence-electron chi connectivity index (χ3n) is 5.04. The maximum atomic E-state index is 12.6. The lowest BCUT2D eigenvalue weighted by Crippen LogP contribution is -2.51. The van der Waals surface area contributed by atoms with Crippen molar-refractivity contribution in [3.8, 4) is 0 Å². The van der Waals surface area contributed by atoms with E-state index in [4.69, 9.17) is 0 Å². The van der Waals surface area contributed by atoms with Gasteiger partial charge in [0, 0.05) is 52.2 Å². The van der Waals surface area contributed by atoms with E-state index in [1.54, 1.807) is 22.4 Å². The highest BCUT2D eigenvalue weighted by molar-refractivity contribution is 7.91. The van der Waals surface area contributed by atoms with E-state index in [1.807, 2.05) is 35.0 Å². The monoisotopic (exact) mass is 433 g/mol. The van der Waals surface area contributed by atoms with Gasteiger partial charge in [0.25, 0.3) is 10.0 Å². The van der Waals surface area contributed by atoms with Gasteiger partial charge in [-0.25, -0.2) is 13.4 Å². The van der Waals surface area contributed by atoms with Crippen molar-refractivity contribution in [3.05, 3.63) is 53.8 Å². The van der Waals surface area contributed by atoms with Gasteiger partial charge in [0.05, 0.1) is 12.2 Å². The van der Waals surface area contributed by atoms with Gasteiger partial charge in [-0.2, -0.15) is 4.31 Å². The first-order chi connectivity index (χ1) is 13.9. The summed E-state index contributed by atoms with van der Waals surface area (Å²) in [5, 5.41) is 1.71. The molecule has 8 nitrogen and oxygen atoms in total. The summed E-state index contributed by atoms with van der Waals surface area (Å²) in [6.45, 7) is 3.23. The van der Waals surface area contributed by atoms with Crippen molar-refractivity contribution in [1.29, 1.82) is 0 Å². The summed E-state index contributed by atoms with van der Waals surface area (Å²) >= 11 is 1.15. The predicted molar refractivity (Wildman–Crippen MR) is 111 cm³/mol. The maximum Gasteiger partial charge on any atom is 0.252 e. The van der Waals surface area contributed by atoms with Crippen LogP contribution in [-0.2, 0) is 21.4 Å². The van der Waals surface area contributed by atoms with Gasteiger partial charge in [0.2, 0.25) is 5.91 Å². The zero-order valence-corrected chi connectivity index (χ0v) is 17.8. The summed E-state index contributed by atoms with van der Waals surface area (Å²) in [5.41, 5.74) is 1.92. The van der Waals surface area contributed by atoms with Crippen molar-refractivity contribution in [1.82, 2.24) is 23.5 Å². The van der Waals surface area contributed by atoms with Crippen LogP contribution in [0.15, 0.2) is 52.3 Å². The third kappa shape index (κ3) is 4.35. The molecule has 1 fully saturated rings. The molecule has 1 amide bonds. The molecule has 0 spiro atoms. The first-order valence-electron chi connectivity index (χ1n) is 9.36. The molecule has 0 N–H and O–H groups in total. The molecular formula is C19H23N5O3S2. The lowest BCUT2D eigenvalue weighted by molar-refractivity contribution is -0.133. The quantitative estimate of drug-likeness (QED) is 0.587. The van der Waals surface area contributed by atoms with Crippen molar-refractivity contribution >= 4 is 32.9 Å². The lowest BCUT2D eigenvalue weighted by atomic mass is 10.3. The van der Waals surface area contributed by atoms with Crippen LogP contribution in [0.3, 0.4) is 0 Å². The highest BCUT2D eigenvalue weighted by Gasteiger charge is 2.27. The Kier molecular flexibility index (Phi) is 5.68. The van der Waals surface area contributed by atoms with Crippen LogP contribution < -0.4 is 0 Å². The summed E-state index contributed by atoms with van der Waals surface area (Å²) in [4.78, 5) is 21.2. The molecule has 0 radical (unpaired) electrons. The summed E-state index contributed by atoms with van der Waals surface area (Å²) in [6.07, 6.45) is 4.00. The van der Waals surface area contributed by atoms with Gasteiger partial charge in [-0.05, 0) is 23.6 Å². The number of sulfonamides is 1. The molecule has 29 heavy (non-hydrogen) atoms. The highest BCUT2D eigenvalue weighted by atomic mass is 32.2. The highest BCUT2D eigenvalue weighted by Crippen LogP contribution is 2.20. The number of aromatic nitrogens is 2. The van der Waals surface area contributed by atoms with E-state index in [0.717, 1.165) is 46.6 Å². The van der Waals surface area contributed by atoms with Gasteiger partial charge in [-0.3, -0.25) is 9.69 Å². The Balaban J connectivity index is 1.30. The second-order valence-electron chi connectivity index (χ2n) is 7.05. The molecule has 0 aromatic carbocycles. The lowest BCUT2D eigenvalue weighted by Gasteiger charge is -2.35. The Bertz CT molecular complexity index is 1050. The molecule has 1 aliphatic heterocycles. The average molecular weight is 434 g/mol. The number of nitrogens with zero attached hydrogens (tertiary/aromatic N) is 5. The number of pyridine rings is 1. The molecule has 1 saturated heterocycles. The van der Waals surface area contributed by atoms with Crippen LogP contribution in [0.25, 0.3) is 5.65 Å². The number of fused-ring (bicyclic) bond motifs is 1. The van der Waals surface area contributed by atoms with Crippen molar-refractivity contribution in [2.24, 2.45) is 0 Å². The minimum Gasteiger partial charge on any atom is -0.339 e. The van der Waals surface area contributed by atoms with Crippen LogP contribution in [0.2, 0.25) is 0 Å².